The maximum atomic E-state index is 12.5. The van der Waals surface area contributed by atoms with Gasteiger partial charge in [0.15, 0.2) is 11.5 Å². The van der Waals surface area contributed by atoms with Crippen LogP contribution in [-0.4, -0.2) is 31.2 Å². The monoisotopic (exact) mass is 357 g/mol. The molecule has 0 spiro atoms. The number of hydrogen-bond acceptors (Lipinski definition) is 4. The number of anilines is 1. The van der Waals surface area contributed by atoms with Gasteiger partial charge in [-0.2, -0.15) is 0 Å². The molecule has 0 radical (unpaired) electrons. The molecule has 138 valence electrons. The largest absolute Gasteiger partial charge is 0.493 e. The summed E-state index contributed by atoms with van der Waals surface area (Å²) in [5.41, 5.74) is 2.40. The number of rotatable bonds is 7. The molecule has 0 aliphatic carbocycles. The number of nitrogens with one attached hydrogen (secondary N) is 1. The predicted molar refractivity (Wildman–Crippen MR) is 99.2 cm³/mol. The van der Waals surface area contributed by atoms with Crippen molar-refractivity contribution in [1.82, 2.24) is 0 Å². The van der Waals surface area contributed by atoms with E-state index in [1.165, 1.54) is 12.1 Å². The van der Waals surface area contributed by atoms with Crippen LogP contribution in [0.25, 0.3) is 0 Å². The number of carboxylic acid groups (broad SMARTS) is 1. The summed E-state index contributed by atoms with van der Waals surface area (Å²) in [4.78, 5) is 23.6. The van der Waals surface area contributed by atoms with E-state index in [-0.39, 0.29) is 17.4 Å². The normalized spacial score (nSPS) is 11.5. The Labute approximate surface area is 152 Å². The summed E-state index contributed by atoms with van der Waals surface area (Å²) < 4.78 is 10.5. The minimum absolute atomic E-state index is 0.137. The van der Waals surface area contributed by atoms with Gasteiger partial charge in [-0.15, -0.1) is 0 Å². The quantitative estimate of drug-likeness (QED) is 0.792. The van der Waals surface area contributed by atoms with Crippen molar-refractivity contribution in [2.75, 3.05) is 19.5 Å². The maximum absolute atomic E-state index is 12.5. The van der Waals surface area contributed by atoms with Gasteiger partial charge in [-0.25, -0.2) is 4.79 Å². The zero-order chi connectivity index (χ0) is 19.3. The molecular weight excluding hydrogens is 334 g/mol. The number of aryl methyl sites for hydroxylation is 1. The van der Waals surface area contributed by atoms with Crippen LogP contribution in [0.1, 0.15) is 28.4 Å². The Morgan fingerprint density at radius 2 is 1.77 bits per heavy atom. The van der Waals surface area contributed by atoms with Crippen LogP contribution in [0, 0.1) is 12.8 Å². The lowest BCUT2D eigenvalue weighted by Crippen LogP contribution is -2.22. The fourth-order valence-corrected chi connectivity index (χ4v) is 2.60. The van der Waals surface area contributed by atoms with Crippen molar-refractivity contribution in [1.29, 1.82) is 0 Å². The molecule has 2 N–H and O–H groups in total. The van der Waals surface area contributed by atoms with E-state index in [0.717, 1.165) is 11.1 Å². The van der Waals surface area contributed by atoms with Gasteiger partial charge < -0.3 is 19.9 Å². The fourth-order valence-electron chi connectivity index (χ4n) is 2.60. The third-order valence-corrected chi connectivity index (χ3v) is 4.18. The SMILES string of the molecule is COc1ccc(CC(C)C(=O)Nc2cc(C(=O)O)ccc2C)cc1OC. The molecule has 0 bridgehead atoms. The van der Waals surface area contributed by atoms with Crippen molar-refractivity contribution in [3.05, 3.63) is 53.1 Å². The smallest absolute Gasteiger partial charge is 0.335 e. The summed E-state index contributed by atoms with van der Waals surface area (Å²) >= 11 is 0. The van der Waals surface area contributed by atoms with Crippen LogP contribution in [0.5, 0.6) is 11.5 Å². The average molecular weight is 357 g/mol. The van der Waals surface area contributed by atoms with Crippen molar-refractivity contribution < 1.29 is 24.2 Å². The Morgan fingerprint density at radius 1 is 1.08 bits per heavy atom. The molecule has 0 aromatic heterocycles. The second kappa shape index (κ2) is 8.38. The van der Waals surface area contributed by atoms with E-state index in [0.29, 0.717) is 23.6 Å². The fraction of sp³-hybridized carbons (Fsp3) is 0.300. The molecule has 0 aliphatic rings. The highest BCUT2D eigenvalue weighted by Gasteiger charge is 2.17. The summed E-state index contributed by atoms with van der Waals surface area (Å²) in [6.07, 6.45) is 0.518. The number of benzene rings is 2. The third-order valence-electron chi connectivity index (χ3n) is 4.18. The van der Waals surface area contributed by atoms with E-state index in [9.17, 15) is 9.59 Å². The summed E-state index contributed by atoms with van der Waals surface area (Å²) in [7, 11) is 3.14. The van der Waals surface area contributed by atoms with E-state index in [2.05, 4.69) is 5.32 Å². The molecule has 6 nitrogen and oxygen atoms in total. The molecule has 1 atom stereocenters. The summed E-state index contributed by atoms with van der Waals surface area (Å²) in [5.74, 6) is -0.262. The van der Waals surface area contributed by atoms with E-state index < -0.39 is 5.97 Å². The highest BCUT2D eigenvalue weighted by atomic mass is 16.5. The van der Waals surface area contributed by atoms with Gasteiger partial charge >= 0.3 is 5.97 Å². The Balaban J connectivity index is 2.11. The van der Waals surface area contributed by atoms with Crippen molar-refractivity contribution in [2.24, 2.45) is 5.92 Å². The minimum atomic E-state index is -1.03. The van der Waals surface area contributed by atoms with Crippen LogP contribution < -0.4 is 14.8 Å². The molecule has 0 saturated carbocycles. The molecule has 0 heterocycles. The van der Waals surface area contributed by atoms with Crippen molar-refractivity contribution in [2.45, 2.75) is 20.3 Å². The van der Waals surface area contributed by atoms with Gasteiger partial charge in [0, 0.05) is 11.6 Å². The number of carbonyl (C=O) groups is 2. The van der Waals surface area contributed by atoms with Gasteiger partial charge in [0.1, 0.15) is 0 Å². The topological polar surface area (TPSA) is 84.9 Å². The number of methoxy groups -OCH3 is 2. The average Bonchev–Trinajstić information content (AvgIpc) is 2.62. The number of carbonyl (C=O) groups excluding carboxylic acids is 1. The Kier molecular flexibility index (Phi) is 6.22. The Bertz CT molecular complexity index is 816. The van der Waals surface area contributed by atoms with E-state index in [1.54, 1.807) is 26.4 Å². The lowest BCUT2D eigenvalue weighted by atomic mass is 9.99. The molecule has 0 aliphatic heterocycles. The second-order valence-corrected chi connectivity index (χ2v) is 6.12. The molecule has 1 amide bonds. The first-order valence-corrected chi connectivity index (χ1v) is 8.21. The van der Waals surface area contributed by atoms with Crippen LogP contribution in [0.15, 0.2) is 36.4 Å². The summed E-state index contributed by atoms with van der Waals surface area (Å²) in [6, 6.07) is 10.2. The Morgan fingerprint density at radius 3 is 2.38 bits per heavy atom. The molecule has 1 unspecified atom stereocenters. The maximum Gasteiger partial charge on any atom is 0.335 e. The Hall–Kier alpha value is -3.02. The summed E-state index contributed by atoms with van der Waals surface area (Å²) in [5, 5.41) is 11.9. The lowest BCUT2D eigenvalue weighted by molar-refractivity contribution is -0.119. The first-order chi connectivity index (χ1) is 12.3. The highest BCUT2D eigenvalue weighted by molar-refractivity contribution is 5.95. The first-order valence-electron chi connectivity index (χ1n) is 8.21. The van der Waals surface area contributed by atoms with Gasteiger partial charge in [-0.1, -0.05) is 19.1 Å². The van der Waals surface area contributed by atoms with E-state index in [4.69, 9.17) is 14.6 Å². The van der Waals surface area contributed by atoms with Gasteiger partial charge in [0.2, 0.25) is 5.91 Å². The second-order valence-electron chi connectivity index (χ2n) is 6.12. The van der Waals surface area contributed by atoms with Crippen LogP contribution in [-0.2, 0) is 11.2 Å². The molecule has 26 heavy (non-hydrogen) atoms. The lowest BCUT2D eigenvalue weighted by Gasteiger charge is -2.15. The molecule has 0 fully saturated rings. The van der Waals surface area contributed by atoms with Crippen molar-refractivity contribution in [3.63, 3.8) is 0 Å². The molecule has 2 rings (SSSR count). The molecule has 2 aromatic rings. The molecular formula is C20H23NO5. The standard InChI is InChI=1S/C20H23NO5/c1-12-5-7-15(20(23)24)11-16(12)21-19(22)13(2)9-14-6-8-17(25-3)18(10-14)26-4/h5-8,10-11,13H,9H2,1-4H3,(H,21,22)(H,23,24). The number of amides is 1. The number of aromatic carboxylic acids is 1. The van der Waals surface area contributed by atoms with Gasteiger partial charge in [0.25, 0.3) is 0 Å². The molecule has 0 saturated heterocycles. The van der Waals surface area contributed by atoms with E-state index in [1.807, 2.05) is 26.0 Å². The summed E-state index contributed by atoms with van der Waals surface area (Å²) in [6.45, 7) is 3.64. The zero-order valence-corrected chi connectivity index (χ0v) is 15.3. The van der Waals surface area contributed by atoms with Crippen LogP contribution in [0.2, 0.25) is 0 Å². The number of carboxylic acids is 1. The molecule has 6 heteroatoms. The van der Waals surface area contributed by atoms with Gasteiger partial charge in [0.05, 0.1) is 19.8 Å². The molecule has 2 aromatic carbocycles. The minimum Gasteiger partial charge on any atom is -0.493 e. The van der Waals surface area contributed by atoms with Crippen molar-refractivity contribution >= 4 is 17.6 Å². The van der Waals surface area contributed by atoms with Gasteiger partial charge in [-0.3, -0.25) is 4.79 Å². The third kappa shape index (κ3) is 4.53. The van der Waals surface area contributed by atoms with Crippen LogP contribution in [0.4, 0.5) is 5.69 Å². The highest BCUT2D eigenvalue weighted by Crippen LogP contribution is 2.28. The van der Waals surface area contributed by atoms with E-state index >= 15 is 0 Å². The van der Waals surface area contributed by atoms with Gasteiger partial charge in [-0.05, 0) is 48.7 Å². The zero-order valence-electron chi connectivity index (χ0n) is 15.3. The van der Waals surface area contributed by atoms with Crippen LogP contribution >= 0.6 is 0 Å². The predicted octanol–water partition coefficient (Wildman–Crippen LogP) is 3.53. The first kappa shape index (κ1) is 19.3. The number of ether oxygens (including phenoxy) is 2. The van der Waals surface area contributed by atoms with Crippen LogP contribution in [0.3, 0.4) is 0 Å². The van der Waals surface area contributed by atoms with Crippen molar-refractivity contribution in [3.8, 4) is 11.5 Å². The number of hydrogen-bond donors (Lipinski definition) is 2.